The number of carbonyl (C=O) groups excluding carboxylic acids is 1. The Hall–Kier alpha value is -1.14. The molecule has 0 aliphatic heterocycles. The lowest BCUT2D eigenvalue weighted by Gasteiger charge is -2.26. The molecule has 2 N–H and O–H groups in total. The summed E-state index contributed by atoms with van der Waals surface area (Å²) in [5.41, 5.74) is 0. The number of aldehydes is 1. The van der Waals surface area contributed by atoms with Gasteiger partial charge in [-0.3, -0.25) is 0 Å². The van der Waals surface area contributed by atoms with Crippen LogP contribution in [0.2, 0.25) is 0 Å². The molecule has 1 atom stereocenters. The van der Waals surface area contributed by atoms with Crippen molar-refractivity contribution in [3.63, 3.8) is 0 Å². The van der Waals surface area contributed by atoms with Gasteiger partial charge in [0.05, 0.1) is 6.54 Å². The second kappa shape index (κ2) is 4.68. The van der Waals surface area contributed by atoms with Gasteiger partial charge in [0.2, 0.25) is 0 Å². The number of amides is 1. The molecular formula is C6H12N2O4. The summed E-state index contributed by atoms with van der Waals surface area (Å²) < 4.78 is 0. The van der Waals surface area contributed by atoms with Crippen LogP contribution >= 0.6 is 0 Å². The van der Waals surface area contributed by atoms with Crippen LogP contribution in [0.4, 0.5) is 4.79 Å². The molecule has 0 radical (unpaired) electrons. The summed E-state index contributed by atoms with van der Waals surface area (Å²) in [7, 11) is 3.01. The predicted molar refractivity (Wildman–Crippen MR) is 40.5 cm³/mol. The number of aliphatic hydroxyl groups excluding tert-OH is 1. The standard InChI is InChI=1S/C6H12N2O4/c1-7(2)8(6(11)12)3-5(10)4-9/h4-5,10H,3H2,1-2H3,(H,11,12). The first-order chi connectivity index (χ1) is 5.49. The summed E-state index contributed by atoms with van der Waals surface area (Å²) in [5, 5.41) is 19.5. The molecule has 0 saturated heterocycles. The highest BCUT2D eigenvalue weighted by Gasteiger charge is 2.17. The Morgan fingerprint density at radius 1 is 1.58 bits per heavy atom. The van der Waals surface area contributed by atoms with E-state index in [1.807, 2.05) is 0 Å². The van der Waals surface area contributed by atoms with Gasteiger partial charge in [-0.05, 0) is 0 Å². The Labute approximate surface area is 70.0 Å². The lowest BCUT2D eigenvalue weighted by molar-refractivity contribution is -0.117. The molecule has 0 aromatic rings. The number of hydrazine groups is 1. The lowest BCUT2D eigenvalue weighted by Crippen LogP contribution is -2.45. The van der Waals surface area contributed by atoms with Crippen LogP contribution in [0.1, 0.15) is 0 Å². The Morgan fingerprint density at radius 2 is 2.08 bits per heavy atom. The first-order valence-electron chi connectivity index (χ1n) is 3.30. The lowest BCUT2D eigenvalue weighted by atomic mass is 10.4. The van der Waals surface area contributed by atoms with E-state index in [1.54, 1.807) is 0 Å². The van der Waals surface area contributed by atoms with Crippen molar-refractivity contribution in [3.05, 3.63) is 0 Å². The summed E-state index contributed by atoms with van der Waals surface area (Å²) in [4.78, 5) is 20.4. The molecule has 1 unspecified atom stereocenters. The molecule has 12 heavy (non-hydrogen) atoms. The van der Waals surface area contributed by atoms with Gasteiger partial charge in [0.15, 0.2) is 0 Å². The molecule has 0 fully saturated rings. The van der Waals surface area contributed by atoms with Gasteiger partial charge in [-0.15, -0.1) is 0 Å². The van der Waals surface area contributed by atoms with Gasteiger partial charge in [-0.2, -0.15) is 0 Å². The third kappa shape index (κ3) is 3.31. The van der Waals surface area contributed by atoms with Crippen molar-refractivity contribution in [2.24, 2.45) is 0 Å². The van der Waals surface area contributed by atoms with Crippen LogP contribution in [0.15, 0.2) is 0 Å². The van der Waals surface area contributed by atoms with Crippen LogP contribution in [-0.4, -0.2) is 59.4 Å². The van der Waals surface area contributed by atoms with E-state index < -0.39 is 12.2 Å². The maximum atomic E-state index is 10.4. The average molecular weight is 176 g/mol. The van der Waals surface area contributed by atoms with Crippen LogP contribution in [-0.2, 0) is 4.79 Å². The molecule has 0 aliphatic rings. The molecule has 0 bridgehead atoms. The van der Waals surface area contributed by atoms with E-state index in [0.29, 0.717) is 6.29 Å². The molecule has 0 spiro atoms. The molecule has 0 aliphatic carbocycles. The van der Waals surface area contributed by atoms with Gasteiger partial charge in [-0.25, -0.2) is 14.8 Å². The molecule has 70 valence electrons. The van der Waals surface area contributed by atoms with Gasteiger partial charge >= 0.3 is 6.09 Å². The van der Waals surface area contributed by atoms with Crippen molar-refractivity contribution in [1.29, 1.82) is 0 Å². The normalized spacial score (nSPS) is 12.7. The second-order valence-corrected chi connectivity index (χ2v) is 2.42. The van der Waals surface area contributed by atoms with Gasteiger partial charge < -0.3 is 15.0 Å². The van der Waals surface area contributed by atoms with Crippen molar-refractivity contribution >= 4 is 12.4 Å². The Kier molecular flexibility index (Phi) is 4.24. The van der Waals surface area contributed by atoms with Crippen molar-refractivity contribution in [1.82, 2.24) is 10.0 Å². The molecular weight excluding hydrogens is 164 g/mol. The van der Waals surface area contributed by atoms with Crippen LogP contribution in [0.5, 0.6) is 0 Å². The first kappa shape index (κ1) is 10.9. The van der Waals surface area contributed by atoms with Gasteiger partial charge in [0.1, 0.15) is 12.4 Å². The van der Waals surface area contributed by atoms with Crippen LogP contribution in [0, 0.1) is 0 Å². The number of hydrogen-bond donors (Lipinski definition) is 2. The number of carbonyl (C=O) groups is 2. The summed E-state index contributed by atoms with van der Waals surface area (Å²) in [6.45, 7) is -0.244. The molecule has 1 amide bonds. The summed E-state index contributed by atoms with van der Waals surface area (Å²) in [6.07, 6.45) is -2.19. The highest BCUT2D eigenvalue weighted by atomic mass is 16.4. The quantitative estimate of drug-likeness (QED) is 0.424. The molecule has 6 heteroatoms. The highest BCUT2D eigenvalue weighted by molar-refractivity contribution is 5.65. The monoisotopic (exact) mass is 176 g/mol. The third-order valence-electron chi connectivity index (χ3n) is 1.22. The number of carboxylic acid groups (broad SMARTS) is 1. The highest BCUT2D eigenvalue weighted by Crippen LogP contribution is 1.94. The summed E-state index contributed by atoms with van der Waals surface area (Å²) in [5.74, 6) is 0. The number of nitrogens with zero attached hydrogens (tertiary/aromatic N) is 2. The molecule has 6 nitrogen and oxygen atoms in total. The summed E-state index contributed by atoms with van der Waals surface area (Å²) in [6, 6.07) is 0. The van der Waals surface area contributed by atoms with Crippen molar-refractivity contribution in [2.45, 2.75) is 6.10 Å². The van der Waals surface area contributed by atoms with E-state index in [1.165, 1.54) is 19.1 Å². The largest absolute Gasteiger partial charge is 0.464 e. The Morgan fingerprint density at radius 3 is 2.33 bits per heavy atom. The maximum Gasteiger partial charge on any atom is 0.422 e. The minimum Gasteiger partial charge on any atom is -0.464 e. The van der Waals surface area contributed by atoms with E-state index >= 15 is 0 Å². The fraction of sp³-hybridized carbons (Fsp3) is 0.667. The first-order valence-corrected chi connectivity index (χ1v) is 3.30. The van der Waals surface area contributed by atoms with E-state index in [0.717, 1.165) is 5.01 Å². The van der Waals surface area contributed by atoms with E-state index in [2.05, 4.69) is 0 Å². The minimum absolute atomic E-state index is 0.244. The molecule has 0 aromatic heterocycles. The molecule has 0 aromatic carbocycles. The maximum absolute atomic E-state index is 10.4. The fourth-order valence-corrected chi connectivity index (χ4v) is 0.633. The summed E-state index contributed by atoms with van der Waals surface area (Å²) >= 11 is 0. The number of hydrogen-bond acceptors (Lipinski definition) is 4. The van der Waals surface area contributed by atoms with Crippen molar-refractivity contribution < 1.29 is 19.8 Å². The Balaban J connectivity index is 4.13. The van der Waals surface area contributed by atoms with Gasteiger partial charge in [-0.1, -0.05) is 0 Å². The van der Waals surface area contributed by atoms with E-state index in [9.17, 15) is 9.59 Å². The molecule has 0 saturated carbocycles. The van der Waals surface area contributed by atoms with Crippen molar-refractivity contribution in [2.75, 3.05) is 20.6 Å². The van der Waals surface area contributed by atoms with Crippen molar-refractivity contribution in [3.8, 4) is 0 Å². The Bertz CT molecular complexity index is 171. The molecule has 0 heterocycles. The zero-order valence-electron chi connectivity index (χ0n) is 6.97. The van der Waals surface area contributed by atoms with Crippen LogP contribution in [0.25, 0.3) is 0 Å². The van der Waals surface area contributed by atoms with E-state index in [-0.39, 0.29) is 6.54 Å². The van der Waals surface area contributed by atoms with Crippen LogP contribution < -0.4 is 0 Å². The topological polar surface area (TPSA) is 81.1 Å². The average Bonchev–Trinajstić information content (AvgIpc) is 1.98. The zero-order valence-corrected chi connectivity index (χ0v) is 6.97. The number of rotatable bonds is 4. The minimum atomic E-state index is -1.27. The second-order valence-electron chi connectivity index (χ2n) is 2.42. The fourth-order valence-electron chi connectivity index (χ4n) is 0.633. The predicted octanol–water partition coefficient (Wildman–Crippen LogP) is -0.997. The third-order valence-corrected chi connectivity index (χ3v) is 1.22. The smallest absolute Gasteiger partial charge is 0.422 e. The van der Waals surface area contributed by atoms with Gasteiger partial charge in [0.25, 0.3) is 0 Å². The zero-order chi connectivity index (χ0) is 9.72. The van der Waals surface area contributed by atoms with Gasteiger partial charge in [0, 0.05) is 14.1 Å². The van der Waals surface area contributed by atoms with E-state index in [4.69, 9.17) is 10.2 Å². The number of aliphatic hydroxyl groups is 1. The molecule has 0 rings (SSSR count). The SMILES string of the molecule is CN(C)N(CC(O)C=O)C(=O)O. The van der Waals surface area contributed by atoms with Crippen LogP contribution in [0.3, 0.4) is 0 Å².